The summed E-state index contributed by atoms with van der Waals surface area (Å²) >= 11 is 0. The molecule has 3 rings (SSSR count). The van der Waals surface area contributed by atoms with Crippen molar-refractivity contribution in [3.05, 3.63) is 35.6 Å². The van der Waals surface area contributed by atoms with Gasteiger partial charge in [0.2, 0.25) is 5.91 Å². The van der Waals surface area contributed by atoms with E-state index < -0.39 is 0 Å². The van der Waals surface area contributed by atoms with Crippen molar-refractivity contribution in [2.24, 2.45) is 5.92 Å². The first-order valence-corrected chi connectivity index (χ1v) is 9.94. The molecule has 1 aliphatic heterocycles. The molecule has 0 radical (unpaired) electrons. The summed E-state index contributed by atoms with van der Waals surface area (Å²) in [6.07, 6.45) is 8.78. The fourth-order valence-electron chi connectivity index (χ4n) is 4.51. The summed E-state index contributed by atoms with van der Waals surface area (Å²) in [5.74, 6) is 0.682. The van der Waals surface area contributed by atoms with Gasteiger partial charge in [0.1, 0.15) is 5.82 Å². The third-order valence-electron chi connectivity index (χ3n) is 5.93. The molecule has 1 aliphatic carbocycles. The Balaban J connectivity index is 1.47. The first kappa shape index (κ1) is 18.4. The Hall–Kier alpha value is -1.42. The van der Waals surface area contributed by atoms with Crippen LogP contribution < -0.4 is 5.32 Å². The molecule has 0 aromatic heterocycles. The number of amides is 1. The number of halogens is 1. The van der Waals surface area contributed by atoms with Crippen LogP contribution in [-0.4, -0.2) is 29.9 Å². The minimum Gasteiger partial charge on any atom is -0.353 e. The maximum Gasteiger partial charge on any atom is 0.220 e. The van der Waals surface area contributed by atoms with Crippen molar-refractivity contribution < 1.29 is 9.18 Å². The average molecular weight is 346 g/mol. The van der Waals surface area contributed by atoms with E-state index in [2.05, 4.69) is 17.1 Å². The normalized spacial score (nSPS) is 21.4. The Kier molecular flexibility index (Phi) is 6.46. The molecule has 1 aromatic carbocycles. The average Bonchev–Trinajstić information content (AvgIpc) is 3.11. The number of hydrogen-bond donors (Lipinski definition) is 1. The number of likely N-dealkylation sites (tertiary alicyclic amines) is 1. The second kappa shape index (κ2) is 8.79. The van der Waals surface area contributed by atoms with E-state index in [1.807, 2.05) is 12.1 Å². The molecule has 1 amide bonds. The molecule has 1 saturated heterocycles. The zero-order chi connectivity index (χ0) is 17.6. The lowest BCUT2D eigenvalue weighted by Crippen LogP contribution is -2.45. The number of nitrogens with one attached hydrogen (secondary N) is 1. The molecule has 25 heavy (non-hydrogen) atoms. The van der Waals surface area contributed by atoms with Crippen molar-refractivity contribution in [3.63, 3.8) is 0 Å². The standard InChI is InChI=1S/C21H31FN2O/c1-2-20(17-7-9-18(22)10-8-17)24-13-11-19(12-14-24)23-21(25)15-16-5-3-4-6-16/h7-10,16,19-20H,2-6,11-15H2,1H3,(H,23,25). The van der Waals surface area contributed by atoms with Gasteiger partial charge < -0.3 is 5.32 Å². The SMILES string of the molecule is CCC(c1ccc(F)cc1)N1CCC(NC(=O)CC2CCCC2)CC1. The van der Waals surface area contributed by atoms with E-state index in [1.165, 1.54) is 31.2 Å². The van der Waals surface area contributed by atoms with Gasteiger partial charge in [0, 0.05) is 31.6 Å². The van der Waals surface area contributed by atoms with E-state index in [0.29, 0.717) is 24.4 Å². The predicted molar refractivity (Wildman–Crippen MR) is 98.7 cm³/mol. The Morgan fingerprint density at radius 3 is 2.40 bits per heavy atom. The van der Waals surface area contributed by atoms with Crippen molar-refractivity contribution in [1.29, 1.82) is 0 Å². The van der Waals surface area contributed by atoms with Crippen molar-refractivity contribution in [1.82, 2.24) is 10.2 Å². The van der Waals surface area contributed by atoms with Gasteiger partial charge in [-0.1, -0.05) is 31.9 Å². The molecule has 1 heterocycles. The van der Waals surface area contributed by atoms with E-state index in [4.69, 9.17) is 0 Å². The zero-order valence-corrected chi connectivity index (χ0v) is 15.3. The third-order valence-corrected chi connectivity index (χ3v) is 5.93. The number of nitrogens with zero attached hydrogens (tertiary/aromatic N) is 1. The van der Waals surface area contributed by atoms with Crippen LogP contribution in [-0.2, 0) is 4.79 Å². The Labute approximate surface area is 151 Å². The highest BCUT2D eigenvalue weighted by molar-refractivity contribution is 5.76. The molecule has 1 aromatic rings. The quantitative estimate of drug-likeness (QED) is 0.826. The topological polar surface area (TPSA) is 32.3 Å². The van der Waals surface area contributed by atoms with Gasteiger partial charge in [-0.05, 0) is 55.7 Å². The summed E-state index contributed by atoms with van der Waals surface area (Å²) in [5.41, 5.74) is 1.19. The smallest absolute Gasteiger partial charge is 0.220 e. The molecule has 4 heteroatoms. The fourth-order valence-corrected chi connectivity index (χ4v) is 4.51. The monoisotopic (exact) mass is 346 g/mol. The summed E-state index contributed by atoms with van der Waals surface area (Å²) < 4.78 is 13.2. The summed E-state index contributed by atoms with van der Waals surface area (Å²) in [4.78, 5) is 14.7. The van der Waals surface area contributed by atoms with Crippen LogP contribution in [0, 0.1) is 11.7 Å². The Bertz CT molecular complexity index is 546. The molecule has 2 aliphatic rings. The lowest BCUT2D eigenvalue weighted by atomic mass is 9.97. The molecule has 0 spiro atoms. The van der Waals surface area contributed by atoms with Crippen LogP contribution in [0.15, 0.2) is 24.3 Å². The minimum atomic E-state index is -0.178. The highest BCUT2D eigenvalue weighted by Gasteiger charge is 2.27. The van der Waals surface area contributed by atoms with Gasteiger partial charge in [-0.15, -0.1) is 0 Å². The van der Waals surface area contributed by atoms with E-state index in [0.717, 1.165) is 32.4 Å². The van der Waals surface area contributed by atoms with E-state index in [-0.39, 0.29) is 11.7 Å². The second-order valence-corrected chi connectivity index (χ2v) is 7.71. The molecular formula is C21H31FN2O. The van der Waals surface area contributed by atoms with Crippen molar-refractivity contribution in [3.8, 4) is 0 Å². The van der Waals surface area contributed by atoms with E-state index >= 15 is 0 Å². The molecule has 1 N–H and O–H groups in total. The zero-order valence-electron chi connectivity index (χ0n) is 15.3. The first-order chi connectivity index (χ1) is 12.2. The predicted octanol–water partition coefficient (Wildman–Crippen LogP) is 4.44. The number of carbonyl (C=O) groups excluding carboxylic acids is 1. The summed E-state index contributed by atoms with van der Waals surface area (Å²) in [6, 6.07) is 7.56. The highest BCUT2D eigenvalue weighted by Crippen LogP contribution is 2.29. The second-order valence-electron chi connectivity index (χ2n) is 7.71. The summed E-state index contributed by atoms with van der Waals surface area (Å²) in [7, 11) is 0. The number of carbonyl (C=O) groups is 1. The van der Waals surface area contributed by atoms with Crippen LogP contribution in [0.1, 0.15) is 69.9 Å². The number of hydrogen-bond acceptors (Lipinski definition) is 2. The molecular weight excluding hydrogens is 315 g/mol. The van der Waals surface area contributed by atoms with Gasteiger partial charge in [0.05, 0.1) is 0 Å². The molecule has 1 saturated carbocycles. The maximum absolute atomic E-state index is 13.2. The number of benzene rings is 1. The van der Waals surface area contributed by atoms with Gasteiger partial charge in [-0.25, -0.2) is 4.39 Å². The van der Waals surface area contributed by atoms with Gasteiger partial charge in [-0.2, -0.15) is 0 Å². The maximum atomic E-state index is 13.2. The van der Waals surface area contributed by atoms with Crippen molar-refractivity contribution >= 4 is 5.91 Å². The van der Waals surface area contributed by atoms with Gasteiger partial charge in [0.25, 0.3) is 0 Å². The van der Waals surface area contributed by atoms with Crippen molar-refractivity contribution in [2.75, 3.05) is 13.1 Å². The molecule has 1 atom stereocenters. The van der Waals surface area contributed by atoms with Gasteiger partial charge in [0.15, 0.2) is 0 Å². The van der Waals surface area contributed by atoms with Crippen LogP contribution in [0.4, 0.5) is 4.39 Å². The highest BCUT2D eigenvalue weighted by atomic mass is 19.1. The molecule has 0 bridgehead atoms. The van der Waals surface area contributed by atoms with Crippen LogP contribution >= 0.6 is 0 Å². The summed E-state index contributed by atoms with van der Waals surface area (Å²) in [5, 5.41) is 3.26. The van der Waals surface area contributed by atoms with Gasteiger partial charge in [-0.3, -0.25) is 9.69 Å². The lowest BCUT2D eigenvalue weighted by Gasteiger charge is -2.37. The molecule has 3 nitrogen and oxygen atoms in total. The number of rotatable bonds is 6. The molecule has 138 valence electrons. The van der Waals surface area contributed by atoms with Crippen LogP contribution in [0.3, 0.4) is 0 Å². The first-order valence-electron chi connectivity index (χ1n) is 9.94. The van der Waals surface area contributed by atoms with Crippen LogP contribution in [0.2, 0.25) is 0 Å². The van der Waals surface area contributed by atoms with Crippen LogP contribution in [0.5, 0.6) is 0 Å². The van der Waals surface area contributed by atoms with Crippen LogP contribution in [0.25, 0.3) is 0 Å². The van der Waals surface area contributed by atoms with E-state index in [9.17, 15) is 9.18 Å². The molecule has 2 fully saturated rings. The number of piperidine rings is 1. The Morgan fingerprint density at radius 2 is 1.80 bits per heavy atom. The largest absolute Gasteiger partial charge is 0.353 e. The Morgan fingerprint density at radius 1 is 1.16 bits per heavy atom. The summed E-state index contributed by atoms with van der Waals surface area (Å²) in [6.45, 7) is 4.16. The van der Waals surface area contributed by atoms with Crippen molar-refractivity contribution in [2.45, 2.75) is 70.4 Å². The fraction of sp³-hybridized carbons (Fsp3) is 0.667. The minimum absolute atomic E-state index is 0.178. The van der Waals surface area contributed by atoms with Gasteiger partial charge >= 0.3 is 0 Å². The molecule has 1 unspecified atom stereocenters. The lowest BCUT2D eigenvalue weighted by molar-refractivity contribution is -0.123. The third kappa shape index (κ3) is 5.04. The van der Waals surface area contributed by atoms with E-state index in [1.54, 1.807) is 12.1 Å².